The molecule has 0 unspecified atom stereocenters. The van der Waals surface area contributed by atoms with Crippen LogP contribution in [0.4, 0.5) is 0 Å². The summed E-state index contributed by atoms with van der Waals surface area (Å²) in [5, 5.41) is 14.1. The molecule has 1 aromatic heterocycles. The van der Waals surface area contributed by atoms with Gasteiger partial charge in [-0.3, -0.25) is 15.0 Å². The number of fused-ring (bicyclic) bond motifs is 13. The predicted molar refractivity (Wildman–Crippen MR) is 165 cm³/mol. The van der Waals surface area contributed by atoms with E-state index in [1.165, 1.54) is 0 Å². The first-order valence-corrected chi connectivity index (χ1v) is 15.4. The number of para-hydroxylation sites is 3. The second kappa shape index (κ2) is 9.09. The predicted octanol–water partition coefficient (Wildman–Crippen LogP) is 6.66. The molecule has 44 heavy (non-hydrogen) atoms. The molecule has 9 rings (SSSR count). The van der Waals surface area contributed by atoms with Gasteiger partial charge >= 0.3 is 0 Å². The van der Waals surface area contributed by atoms with E-state index >= 15 is 0 Å². The lowest BCUT2D eigenvalue weighted by Crippen LogP contribution is -2.59. The van der Waals surface area contributed by atoms with E-state index in [4.69, 9.17) is 19.4 Å². The van der Waals surface area contributed by atoms with Crippen molar-refractivity contribution in [2.24, 2.45) is 0 Å². The topological polar surface area (TPSA) is 90.6 Å². The minimum Gasteiger partial charge on any atom is -0.490 e. The summed E-state index contributed by atoms with van der Waals surface area (Å²) in [6.45, 7) is 3.10. The summed E-state index contributed by atoms with van der Waals surface area (Å²) in [4.78, 5) is 27.1. The maximum Gasteiger partial charge on any atom is 0.286 e. The third-order valence-corrected chi connectivity index (χ3v) is 10.3. The highest BCUT2D eigenvalue weighted by molar-refractivity contribution is 5.85. The van der Waals surface area contributed by atoms with Gasteiger partial charge in [0.1, 0.15) is 5.54 Å². The third-order valence-electron chi connectivity index (χ3n) is 10.3. The Kier molecular flexibility index (Phi) is 5.30. The summed E-state index contributed by atoms with van der Waals surface area (Å²) in [6, 6.07) is 31.3. The van der Waals surface area contributed by atoms with Crippen LogP contribution in [-0.4, -0.2) is 44.5 Å². The van der Waals surface area contributed by atoms with Gasteiger partial charge in [0, 0.05) is 22.6 Å². The van der Waals surface area contributed by atoms with Crippen molar-refractivity contribution in [3.05, 3.63) is 130 Å². The van der Waals surface area contributed by atoms with Crippen LogP contribution < -0.4 is 9.47 Å². The molecular formula is C36H30N4O4. The van der Waals surface area contributed by atoms with Crippen molar-refractivity contribution in [1.82, 2.24) is 14.9 Å². The molecule has 1 spiro atoms. The van der Waals surface area contributed by atoms with Crippen LogP contribution in [0.2, 0.25) is 0 Å². The SMILES string of the molecule is CCOc1cccc2c1O[C@H](c1ccccc1)[C@@]1([N+](=O)[O-])[C@@H]3CCCN3[C@]3(c4ccccc4-c4nc5ccccc5nc43)[C@@H]21. The Morgan fingerprint density at radius 3 is 2.50 bits per heavy atom. The molecule has 3 aliphatic heterocycles. The lowest BCUT2D eigenvalue weighted by molar-refractivity contribution is -0.591. The van der Waals surface area contributed by atoms with Crippen LogP contribution in [0.25, 0.3) is 22.3 Å². The summed E-state index contributed by atoms with van der Waals surface area (Å²) in [6.07, 6.45) is 0.679. The van der Waals surface area contributed by atoms with Gasteiger partial charge in [-0.05, 0) is 49.1 Å². The van der Waals surface area contributed by atoms with Gasteiger partial charge in [-0.15, -0.1) is 0 Å². The summed E-state index contributed by atoms with van der Waals surface area (Å²) in [7, 11) is 0. The first-order chi connectivity index (χ1) is 21.6. The number of benzene rings is 4. The highest BCUT2D eigenvalue weighted by Gasteiger charge is 2.82. The fraction of sp³-hybridized carbons (Fsp3) is 0.278. The van der Waals surface area contributed by atoms with Crippen molar-refractivity contribution in [2.45, 2.75) is 48.9 Å². The summed E-state index contributed by atoms with van der Waals surface area (Å²) < 4.78 is 13.0. The van der Waals surface area contributed by atoms with Crippen LogP contribution in [0, 0.1) is 10.1 Å². The monoisotopic (exact) mass is 582 g/mol. The van der Waals surface area contributed by atoms with E-state index in [0.717, 1.165) is 51.1 Å². The van der Waals surface area contributed by atoms with Crippen LogP contribution in [-0.2, 0) is 5.54 Å². The molecule has 1 aliphatic carbocycles. The second-order valence-corrected chi connectivity index (χ2v) is 12.2. The average molecular weight is 583 g/mol. The maximum absolute atomic E-state index is 14.1. The molecule has 0 radical (unpaired) electrons. The quantitative estimate of drug-likeness (QED) is 0.173. The fourth-order valence-corrected chi connectivity index (χ4v) is 9.00. The van der Waals surface area contributed by atoms with E-state index in [-0.39, 0.29) is 4.92 Å². The smallest absolute Gasteiger partial charge is 0.286 e. The van der Waals surface area contributed by atoms with Gasteiger partial charge in [0.15, 0.2) is 17.6 Å². The Hall–Kier alpha value is -4.82. The Balaban J connectivity index is 1.46. The van der Waals surface area contributed by atoms with Crippen molar-refractivity contribution in [3.63, 3.8) is 0 Å². The lowest BCUT2D eigenvalue weighted by atomic mass is 9.62. The number of nitro groups is 1. The standard InChI is InChI=1S/C36H30N4O4/c1-2-43-28-19-10-15-24-31(28)44-34(22-12-4-3-5-13-22)36(40(41)42)29-20-11-21-39(29)35(32(24)36)25-16-7-6-14-23(25)30-33(35)38-27-18-9-8-17-26(27)37-30/h3-10,12-19,29,32,34H,2,11,20-21H2,1H3/t29-,32+,34+,35+,36+/m0/s1. The lowest BCUT2D eigenvalue weighted by Gasteiger charge is -2.45. The first-order valence-electron chi connectivity index (χ1n) is 15.4. The molecule has 5 aromatic rings. The van der Waals surface area contributed by atoms with E-state index in [1.807, 2.05) is 91.9 Å². The van der Waals surface area contributed by atoms with Gasteiger partial charge in [-0.2, -0.15) is 0 Å². The molecule has 0 amide bonds. The van der Waals surface area contributed by atoms with E-state index in [1.54, 1.807) is 0 Å². The molecule has 8 nitrogen and oxygen atoms in total. The maximum atomic E-state index is 14.1. The molecule has 2 fully saturated rings. The van der Waals surface area contributed by atoms with E-state index in [2.05, 4.69) is 17.0 Å². The fourth-order valence-electron chi connectivity index (χ4n) is 9.00. The largest absolute Gasteiger partial charge is 0.490 e. The van der Waals surface area contributed by atoms with Gasteiger partial charge in [-0.1, -0.05) is 78.9 Å². The average Bonchev–Trinajstić information content (AvgIpc) is 3.72. The van der Waals surface area contributed by atoms with Crippen LogP contribution in [0.1, 0.15) is 54.2 Å². The Morgan fingerprint density at radius 1 is 0.955 bits per heavy atom. The molecule has 5 atom stereocenters. The molecule has 0 bridgehead atoms. The van der Waals surface area contributed by atoms with Crippen LogP contribution in [0.5, 0.6) is 11.5 Å². The summed E-state index contributed by atoms with van der Waals surface area (Å²) >= 11 is 0. The summed E-state index contributed by atoms with van der Waals surface area (Å²) in [5.41, 5.74) is 4.30. The normalized spacial score (nSPS) is 27.7. The van der Waals surface area contributed by atoms with Crippen molar-refractivity contribution in [3.8, 4) is 22.8 Å². The van der Waals surface area contributed by atoms with Crippen molar-refractivity contribution < 1.29 is 14.4 Å². The number of hydrogen-bond acceptors (Lipinski definition) is 7. The van der Waals surface area contributed by atoms with Crippen molar-refractivity contribution in [2.75, 3.05) is 13.2 Å². The van der Waals surface area contributed by atoms with Crippen LogP contribution in [0.3, 0.4) is 0 Å². The molecule has 4 aliphatic rings. The van der Waals surface area contributed by atoms with Crippen LogP contribution >= 0.6 is 0 Å². The Bertz CT molecular complexity index is 1980. The van der Waals surface area contributed by atoms with Crippen LogP contribution in [0.15, 0.2) is 97.1 Å². The third kappa shape index (κ3) is 2.96. The van der Waals surface area contributed by atoms with E-state index in [0.29, 0.717) is 31.1 Å². The molecule has 0 saturated carbocycles. The van der Waals surface area contributed by atoms with Gasteiger partial charge in [0.05, 0.1) is 41.0 Å². The molecule has 8 heteroatoms. The molecule has 218 valence electrons. The zero-order valence-corrected chi connectivity index (χ0v) is 24.2. The minimum absolute atomic E-state index is 0.0154. The van der Waals surface area contributed by atoms with E-state index < -0.39 is 29.1 Å². The van der Waals surface area contributed by atoms with Gasteiger partial charge in [0.2, 0.25) is 0 Å². The van der Waals surface area contributed by atoms with Gasteiger partial charge in [0.25, 0.3) is 5.54 Å². The van der Waals surface area contributed by atoms with Gasteiger partial charge < -0.3 is 9.47 Å². The molecule has 4 heterocycles. The second-order valence-electron chi connectivity index (χ2n) is 12.2. The Labute approximate surface area is 254 Å². The summed E-state index contributed by atoms with van der Waals surface area (Å²) in [5.74, 6) is 0.537. The highest BCUT2D eigenvalue weighted by atomic mass is 16.6. The molecule has 2 saturated heterocycles. The highest BCUT2D eigenvalue weighted by Crippen LogP contribution is 2.72. The minimum atomic E-state index is -1.52. The number of nitrogens with zero attached hydrogens (tertiary/aromatic N) is 4. The zero-order valence-electron chi connectivity index (χ0n) is 24.2. The van der Waals surface area contributed by atoms with Crippen molar-refractivity contribution in [1.29, 1.82) is 0 Å². The molecular weight excluding hydrogens is 552 g/mol. The van der Waals surface area contributed by atoms with Crippen molar-refractivity contribution >= 4 is 11.0 Å². The molecule has 4 aromatic carbocycles. The number of rotatable bonds is 4. The number of ether oxygens (including phenoxy) is 2. The number of aromatic nitrogens is 2. The first kappa shape index (κ1) is 25.7. The number of hydrogen-bond donors (Lipinski definition) is 0. The van der Waals surface area contributed by atoms with E-state index in [9.17, 15) is 10.1 Å². The zero-order chi connectivity index (χ0) is 29.6. The van der Waals surface area contributed by atoms with Gasteiger partial charge in [-0.25, -0.2) is 9.97 Å². The Morgan fingerprint density at radius 2 is 1.70 bits per heavy atom. The molecule has 0 N–H and O–H groups in total.